The van der Waals surface area contributed by atoms with E-state index in [1.807, 2.05) is 31.3 Å². The van der Waals surface area contributed by atoms with Crippen LogP contribution in [0.4, 0.5) is 11.5 Å². The number of aromatic nitrogens is 3. The summed E-state index contributed by atoms with van der Waals surface area (Å²) in [6.45, 7) is 4.92. The van der Waals surface area contributed by atoms with E-state index in [2.05, 4.69) is 45.0 Å². The first kappa shape index (κ1) is 13.9. The minimum Gasteiger partial charge on any atom is -0.378 e. The van der Waals surface area contributed by atoms with Crippen molar-refractivity contribution in [1.29, 1.82) is 0 Å². The summed E-state index contributed by atoms with van der Waals surface area (Å²) in [6, 6.07) is 4.06. The van der Waals surface area contributed by atoms with E-state index in [1.54, 1.807) is 11.3 Å². The molecule has 0 atom stereocenters. The van der Waals surface area contributed by atoms with E-state index >= 15 is 0 Å². The SMILES string of the molecule is Cc1nc2scc(C)n2c1CNc1ccc(N(C)C)nc1. The van der Waals surface area contributed by atoms with Gasteiger partial charge in [0.2, 0.25) is 0 Å². The van der Waals surface area contributed by atoms with Crippen LogP contribution in [0.5, 0.6) is 0 Å². The van der Waals surface area contributed by atoms with Gasteiger partial charge in [0.15, 0.2) is 4.96 Å². The number of aryl methyl sites for hydroxylation is 2. The molecule has 0 fully saturated rings. The second-order valence-corrected chi connectivity index (χ2v) is 6.13. The van der Waals surface area contributed by atoms with Crippen molar-refractivity contribution in [3.05, 3.63) is 40.8 Å². The number of imidazole rings is 1. The van der Waals surface area contributed by atoms with Crippen LogP contribution in [0.1, 0.15) is 17.1 Å². The van der Waals surface area contributed by atoms with Crippen LogP contribution in [0.15, 0.2) is 23.7 Å². The van der Waals surface area contributed by atoms with Gasteiger partial charge in [-0.2, -0.15) is 0 Å². The second kappa shape index (κ2) is 5.37. The number of fused-ring (bicyclic) bond motifs is 1. The summed E-state index contributed by atoms with van der Waals surface area (Å²) < 4.78 is 2.22. The highest BCUT2D eigenvalue weighted by molar-refractivity contribution is 7.15. The third kappa shape index (κ3) is 2.58. The molecule has 0 amide bonds. The fourth-order valence-electron chi connectivity index (χ4n) is 2.32. The molecule has 0 aliphatic rings. The molecule has 3 rings (SSSR count). The molecule has 0 saturated carbocycles. The van der Waals surface area contributed by atoms with Gasteiger partial charge in [0.05, 0.1) is 29.8 Å². The van der Waals surface area contributed by atoms with Crippen LogP contribution in [0.3, 0.4) is 0 Å². The van der Waals surface area contributed by atoms with Crippen molar-refractivity contribution in [2.24, 2.45) is 0 Å². The van der Waals surface area contributed by atoms with Gasteiger partial charge in [-0.25, -0.2) is 9.97 Å². The van der Waals surface area contributed by atoms with Crippen molar-refractivity contribution < 1.29 is 0 Å². The zero-order valence-corrected chi connectivity index (χ0v) is 13.5. The normalized spacial score (nSPS) is 11.0. The average molecular weight is 301 g/mol. The molecule has 3 aromatic rings. The quantitative estimate of drug-likeness (QED) is 0.804. The summed E-state index contributed by atoms with van der Waals surface area (Å²) in [5.74, 6) is 0.956. The van der Waals surface area contributed by atoms with Crippen LogP contribution in [0.25, 0.3) is 4.96 Å². The lowest BCUT2D eigenvalue weighted by atomic mass is 10.3. The minimum atomic E-state index is 0.744. The van der Waals surface area contributed by atoms with Crippen molar-refractivity contribution in [2.75, 3.05) is 24.3 Å². The molecule has 0 saturated heterocycles. The monoisotopic (exact) mass is 301 g/mol. The molecule has 110 valence electrons. The second-order valence-electron chi connectivity index (χ2n) is 5.29. The Morgan fingerprint density at radius 1 is 1.29 bits per heavy atom. The lowest BCUT2D eigenvalue weighted by Gasteiger charge is -2.12. The highest BCUT2D eigenvalue weighted by Crippen LogP contribution is 2.21. The largest absolute Gasteiger partial charge is 0.378 e. The van der Waals surface area contributed by atoms with E-state index in [4.69, 9.17) is 0 Å². The van der Waals surface area contributed by atoms with Gasteiger partial charge in [-0.3, -0.25) is 4.40 Å². The van der Waals surface area contributed by atoms with Crippen molar-refractivity contribution in [1.82, 2.24) is 14.4 Å². The lowest BCUT2D eigenvalue weighted by molar-refractivity contribution is 0.964. The van der Waals surface area contributed by atoms with Crippen molar-refractivity contribution in [2.45, 2.75) is 20.4 Å². The Kier molecular flexibility index (Phi) is 3.55. The van der Waals surface area contributed by atoms with Crippen molar-refractivity contribution in [3.8, 4) is 0 Å². The van der Waals surface area contributed by atoms with E-state index in [0.29, 0.717) is 0 Å². The number of nitrogens with one attached hydrogen (secondary N) is 1. The summed E-state index contributed by atoms with van der Waals surface area (Å²) >= 11 is 1.68. The summed E-state index contributed by atoms with van der Waals surface area (Å²) in [6.07, 6.45) is 1.86. The number of hydrogen-bond acceptors (Lipinski definition) is 5. The van der Waals surface area contributed by atoms with E-state index < -0.39 is 0 Å². The maximum atomic E-state index is 4.60. The van der Waals surface area contributed by atoms with Gasteiger partial charge >= 0.3 is 0 Å². The van der Waals surface area contributed by atoms with E-state index in [0.717, 1.165) is 28.7 Å². The number of pyridine rings is 1. The first-order valence-electron chi connectivity index (χ1n) is 6.85. The predicted molar refractivity (Wildman–Crippen MR) is 88.4 cm³/mol. The maximum Gasteiger partial charge on any atom is 0.194 e. The molecule has 0 unspecified atom stereocenters. The molecular weight excluding hydrogens is 282 g/mol. The molecule has 0 aromatic carbocycles. The molecule has 1 N–H and O–H groups in total. The minimum absolute atomic E-state index is 0.744. The van der Waals surface area contributed by atoms with Gasteiger partial charge in [-0.15, -0.1) is 11.3 Å². The third-order valence-electron chi connectivity index (χ3n) is 3.50. The summed E-state index contributed by atoms with van der Waals surface area (Å²) in [5.41, 5.74) is 4.53. The Morgan fingerprint density at radius 2 is 2.10 bits per heavy atom. The molecule has 0 radical (unpaired) electrons. The molecular formula is C15H19N5S. The number of thiazole rings is 1. The van der Waals surface area contributed by atoms with Crippen LogP contribution in [0, 0.1) is 13.8 Å². The van der Waals surface area contributed by atoms with E-state index in [9.17, 15) is 0 Å². The summed E-state index contributed by atoms with van der Waals surface area (Å²) in [5, 5.41) is 5.56. The topological polar surface area (TPSA) is 45.5 Å². The molecule has 5 nitrogen and oxygen atoms in total. The van der Waals surface area contributed by atoms with Crippen LogP contribution in [-0.2, 0) is 6.54 Å². The Bertz CT molecular complexity index is 754. The summed E-state index contributed by atoms with van der Waals surface area (Å²) in [7, 11) is 3.97. The first-order chi connectivity index (χ1) is 10.1. The molecule has 0 aliphatic heterocycles. The molecule has 3 aromatic heterocycles. The number of hydrogen-bond donors (Lipinski definition) is 1. The third-order valence-corrected chi connectivity index (χ3v) is 4.44. The Hall–Kier alpha value is -2.08. The first-order valence-corrected chi connectivity index (χ1v) is 7.73. The molecule has 3 heterocycles. The smallest absolute Gasteiger partial charge is 0.194 e. The molecule has 0 spiro atoms. The average Bonchev–Trinajstić information content (AvgIpc) is 2.97. The van der Waals surface area contributed by atoms with E-state index in [-0.39, 0.29) is 0 Å². The van der Waals surface area contributed by atoms with Gasteiger partial charge in [0.1, 0.15) is 5.82 Å². The standard InChI is InChI=1S/C15H19N5S/c1-10-9-21-15-18-11(2)13(20(10)15)8-16-12-5-6-14(17-7-12)19(3)4/h5-7,9,16H,8H2,1-4H3. The maximum absolute atomic E-state index is 4.60. The van der Waals surface area contributed by atoms with Gasteiger partial charge in [-0.1, -0.05) is 0 Å². The Balaban J connectivity index is 1.80. The molecule has 6 heteroatoms. The van der Waals surface area contributed by atoms with Crippen molar-refractivity contribution >= 4 is 27.8 Å². The Labute approximate surface area is 128 Å². The zero-order chi connectivity index (χ0) is 15.0. The van der Waals surface area contributed by atoms with Gasteiger partial charge in [0.25, 0.3) is 0 Å². The molecule has 0 bridgehead atoms. The molecule has 21 heavy (non-hydrogen) atoms. The Morgan fingerprint density at radius 3 is 2.76 bits per heavy atom. The molecule has 0 aliphatic carbocycles. The zero-order valence-electron chi connectivity index (χ0n) is 12.7. The van der Waals surface area contributed by atoms with Crippen LogP contribution in [0.2, 0.25) is 0 Å². The van der Waals surface area contributed by atoms with Crippen LogP contribution in [-0.4, -0.2) is 28.5 Å². The highest BCUT2D eigenvalue weighted by Gasteiger charge is 2.11. The number of nitrogens with zero attached hydrogens (tertiary/aromatic N) is 4. The predicted octanol–water partition coefficient (Wildman–Crippen LogP) is 3.09. The van der Waals surface area contributed by atoms with Gasteiger partial charge < -0.3 is 10.2 Å². The van der Waals surface area contributed by atoms with Crippen LogP contribution >= 0.6 is 11.3 Å². The van der Waals surface area contributed by atoms with Crippen LogP contribution < -0.4 is 10.2 Å². The number of rotatable bonds is 4. The van der Waals surface area contributed by atoms with Gasteiger partial charge in [-0.05, 0) is 26.0 Å². The fraction of sp³-hybridized carbons (Fsp3) is 0.333. The fourth-order valence-corrected chi connectivity index (χ4v) is 3.25. The lowest BCUT2D eigenvalue weighted by Crippen LogP contribution is -2.10. The number of anilines is 2. The summed E-state index contributed by atoms with van der Waals surface area (Å²) in [4.78, 5) is 12.1. The van der Waals surface area contributed by atoms with E-state index in [1.165, 1.54) is 11.4 Å². The van der Waals surface area contributed by atoms with Crippen molar-refractivity contribution in [3.63, 3.8) is 0 Å². The van der Waals surface area contributed by atoms with Gasteiger partial charge in [0, 0.05) is 25.2 Å². The highest BCUT2D eigenvalue weighted by atomic mass is 32.1.